The summed E-state index contributed by atoms with van der Waals surface area (Å²) in [5, 5.41) is 6.01. The van der Waals surface area contributed by atoms with Crippen LogP contribution in [0, 0.1) is 0 Å². The highest BCUT2D eigenvalue weighted by Gasteiger charge is 2.13. The Bertz CT molecular complexity index is 481. The Kier molecular flexibility index (Phi) is 5.76. The van der Waals surface area contributed by atoms with Crippen LogP contribution in [0.25, 0.3) is 0 Å². The number of pyridine rings is 1. The fourth-order valence-corrected chi connectivity index (χ4v) is 2.18. The lowest BCUT2D eigenvalue weighted by atomic mass is 10.1. The van der Waals surface area contributed by atoms with Crippen LogP contribution in [-0.2, 0) is 4.74 Å². The van der Waals surface area contributed by atoms with Gasteiger partial charge in [0.05, 0.1) is 6.10 Å². The van der Waals surface area contributed by atoms with Gasteiger partial charge >= 0.3 is 0 Å². The zero-order valence-electron chi connectivity index (χ0n) is 11.5. The first kappa shape index (κ1) is 14.7. The zero-order chi connectivity index (χ0) is 14.2. The number of piperidine rings is 1. The first-order valence-electron chi connectivity index (χ1n) is 7.05. The van der Waals surface area contributed by atoms with Gasteiger partial charge in [-0.3, -0.25) is 9.59 Å². The molecule has 110 valence electrons. The molecule has 6 heteroatoms. The minimum absolute atomic E-state index is 0.145. The number of hydrogen-bond acceptors (Lipinski definition) is 4. The van der Waals surface area contributed by atoms with E-state index >= 15 is 0 Å². The molecule has 2 heterocycles. The Hall–Kier alpha value is -1.66. The van der Waals surface area contributed by atoms with E-state index in [4.69, 9.17) is 4.74 Å². The molecule has 3 N–H and O–H groups in total. The molecule has 6 nitrogen and oxygen atoms in total. The molecule has 1 aliphatic heterocycles. The second-order valence-electron chi connectivity index (χ2n) is 4.85. The van der Waals surface area contributed by atoms with Gasteiger partial charge in [0.25, 0.3) is 5.91 Å². The maximum absolute atomic E-state index is 11.8. The van der Waals surface area contributed by atoms with Crippen LogP contribution in [0.15, 0.2) is 23.3 Å². The van der Waals surface area contributed by atoms with Crippen molar-refractivity contribution in [2.24, 2.45) is 0 Å². The van der Waals surface area contributed by atoms with Crippen molar-refractivity contribution >= 4 is 5.91 Å². The van der Waals surface area contributed by atoms with Crippen molar-refractivity contribution in [3.63, 3.8) is 0 Å². The monoisotopic (exact) mass is 279 g/mol. The minimum atomic E-state index is -0.339. The molecule has 1 fully saturated rings. The molecule has 1 amide bonds. The number of carbonyl (C=O) groups is 1. The highest BCUT2D eigenvalue weighted by molar-refractivity contribution is 5.93. The molecule has 0 aromatic carbocycles. The third-order valence-electron chi connectivity index (χ3n) is 3.32. The molecule has 0 spiro atoms. The number of aromatic amines is 1. The first-order valence-corrected chi connectivity index (χ1v) is 7.05. The second kappa shape index (κ2) is 7.81. The van der Waals surface area contributed by atoms with Crippen LogP contribution in [0.1, 0.15) is 29.6 Å². The van der Waals surface area contributed by atoms with Gasteiger partial charge in [0.2, 0.25) is 0 Å². The summed E-state index contributed by atoms with van der Waals surface area (Å²) in [5.74, 6) is -0.339. The normalized spacial score (nSPS) is 16.0. The molecule has 0 aliphatic carbocycles. The first-order chi connectivity index (χ1) is 9.77. The van der Waals surface area contributed by atoms with Crippen molar-refractivity contribution in [2.45, 2.75) is 25.4 Å². The summed E-state index contributed by atoms with van der Waals surface area (Å²) >= 11 is 0. The largest absolute Gasteiger partial charge is 0.378 e. The summed E-state index contributed by atoms with van der Waals surface area (Å²) in [6.45, 7) is 3.17. The van der Waals surface area contributed by atoms with Crippen molar-refractivity contribution in [1.29, 1.82) is 0 Å². The summed E-state index contributed by atoms with van der Waals surface area (Å²) < 4.78 is 5.73. The standard InChI is InChI=1S/C14H21N3O3/c18-13-4-8-16-10-12(13)14(19)17-5-1-9-20-11-2-6-15-7-3-11/h4,8,10-11,15H,1-3,5-7,9H2,(H,16,18)(H,17,19). The van der Waals surface area contributed by atoms with Crippen LogP contribution in [0.3, 0.4) is 0 Å². The highest BCUT2D eigenvalue weighted by atomic mass is 16.5. The predicted molar refractivity (Wildman–Crippen MR) is 75.9 cm³/mol. The molecular weight excluding hydrogens is 258 g/mol. The lowest BCUT2D eigenvalue weighted by Crippen LogP contribution is -2.33. The van der Waals surface area contributed by atoms with Crippen molar-refractivity contribution in [3.05, 3.63) is 34.2 Å². The SMILES string of the molecule is O=C(NCCCOC1CCNCC1)c1c[nH]ccc1=O. The van der Waals surface area contributed by atoms with E-state index in [9.17, 15) is 9.59 Å². The predicted octanol–water partition coefficient (Wildman–Crippen LogP) is 0.263. The summed E-state index contributed by atoms with van der Waals surface area (Å²) in [7, 11) is 0. The van der Waals surface area contributed by atoms with Gasteiger partial charge in [-0.2, -0.15) is 0 Å². The molecule has 0 saturated carbocycles. The molecule has 1 saturated heterocycles. The van der Waals surface area contributed by atoms with Crippen molar-refractivity contribution in [2.75, 3.05) is 26.2 Å². The molecule has 1 aliphatic rings. The number of ether oxygens (including phenoxy) is 1. The third-order valence-corrected chi connectivity index (χ3v) is 3.32. The van der Waals surface area contributed by atoms with Crippen molar-refractivity contribution in [1.82, 2.24) is 15.6 Å². The summed E-state index contributed by atoms with van der Waals surface area (Å²) in [6, 6.07) is 1.34. The second-order valence-corrected chi connectivity index (χ2v) is 4.85. The Balaban J connectivity index is 1.62. The van der Waals surface area contributed by atoms with Gasteiger partial charge in [0, 0.05) is 31.6 Å². The Labute approximate surface area is 117 Å². The molecule has 20 heavy (non-hydrogen) atoms. The molecule has 2 rings (SSSR count). The molecule has 0 atom stereocenters. The zero-order valence-corrected chi connectivity index (χ0v) is 11.5. The van der Waals surface area contributed by atoms with Gasteiger partial charge in [-0.1, -0.05) is 0 Å². The molecule has 1 aromatic heterocycles. The Morgan fingerprint density at radius 3 is 2.95 bits per heavy atom. The van der Waals surface area contributed by atoms with Crippen molar-refractivity contribution < 1.29 is 9.53 Å². The quantitative estimate of drug-likeness (QED) is 0.652. The third kappa shape index (κ3) is 4.47. The molecule has 0 bridgehead atoms. The van der Waals surface area contributed by atoms with Gasteiger partial charge in [-0.15, -0.1) is 0 Å². The van der Waals surface area contributed by atoms with Crippen LogP contribution in [0.4, 0.5) is 0 Å². The van der Waals surface area contributed by atoms with Crippen LogP contribution in [0.2, 0.25) is 0 Å². The summed E-state index contributed by atoms with van der Waals surface area (Å²) in [4.78, 5) is 25.9. The topological polar surface area (TPSA) is 83.2 Å². The molecule has 0 radical (unpaired) electrons. The summed E-state index contributed by atoms with van der Waals surface area (Å²) in [6.07, 6.45) is 6.11. The number of H-pyrrole nitrogens is 1. The van der Waals surface area contributed by atoms with Crippen molar-refractivity contribution in [3.8, 4) is 0 Å². The molecular formula is C14H21N3O3. The average Bonchev–Trinajstić information content (AvgIpc) is 2.48. The Morgan fingerprint density at radius 2 is 2.20 bits per heavy atom. The fourth-order valence-electron chi connectivity index (χ4n) is 2.18. The van der Waals surface area contributed by atoms with E-state index in [1.807, 2.05) is 0 Å². The number of aromatic nitrogens is 1. The van der Waals surface area contributed by atoms with Gasteiger partial charge in [-0.25, -0.2) is 0 Å². The lowest BCUT2D eigenvalue weighted by Gasteiger charge is -2.22. The van der Waals surface area contributed by atoms with Crippen LogP contribution in [0.5, 0.6) is 0 Å². The maximum Gasteiger partial charge on any atom is 0.256 e. The van der Waals surface area contributed by atoms with E-state index in [1.54, 1.807) is 0 Å². The highest BCUT2D eigenvalue weighted by Crippen LogP contribution is 2.07. The number of hydrogen-bond donors (Lipinski definition) is 3. The van der Waals surface area contributed by atoms with E-state index in [1.165, 1.54) is 18.5 Å². The van der Waals surface area contributed by atoms with E-state index in [0.29, 0.717) is 19.3 Å². The van der Waals surface area contributed by atoms with Crippen LogP contribution >= 0.6 is 0 Å². The van der Waals surface area contributed by atoms with E-state index < -0.39 is 0 Å². The van der Waals surface area contributed by atoms with Gasteiger partial charge in [0.15, 0.2) is 5.43 Å². The number of amides is 1. The van der Waals surface area contributed by atoms with E-state index in [0.717, 1.165) is 32.4 Å². The Morgan fingerprint density at radius 1 is 1.40 bits per heavy atom. The van der Waals surface area contributed by atoms with E-state index in [-0.39, 0.29) is 16.9 Å². The van der Waals surface area contributed by atoms with Gasteiger partial charge in [0.1, 0.15) is 5.56 Å². The fraction of sp³-hybridized carbons (Fsp3) is 0.571. The summed E-state index contributed by atoms with van der Waals surface area (Å²) in [5.41, 5.74) is -0.126. The van der Waals surface area contributed by atoms with E-state index in [2.05, 4.69) is 15.6 Å². The maximum atomic E-state index is 11.8. The van der Waals surface area contributed by atoms with Crippen LogP contribution < -0.4 is 16.1 Å². The van der Waals surface area contributed by atoms with Gasteiger partial charge < -0.3 is 20.4 Å². The smallest absolute Gasteiger partial charge is 0.256 e. The van der Waals surface area contributed by atoms with Crippen LogP contribution in [-0.4, -0.2) is 43.2 Å². The number of rotatable bonds is 6. The molecule has 1 aromatic rings. The number of nitrogens with one attached hydrogen (secondary N) is 3. The van der Waals surface area contributed by atoms with Gasteiger partial charge in [-0.05, 0) is 32.4 Å². The lowest BCUT2D eigenvalue weighted by molar-refractivity contribution is 0.0318. The number of carbonyl (C=O) groups excluding carboxylic acids is 1. The molecule has 0 unspecified atom stereocenters. The average molecular weight is 279 g/mol. The minimum Gasteiger partial charge on any atom is -0.378 e.